The first-order valence-corrected chi connectivity index (χ1v) is 6.78. The predicted octanol–water partition coefficient (Wildman–Crippen LogP) is 1.39. The Hall–Kier alpha value is -1.63. The molecule has 0 spiro atoms. The van der Waals surface area contributed by atoms with Gasteiger partial charge in [0.25, 0.3) is 0 Å². The van der Waals surface area contributed by atoms with Crippen LogP contribution in [0.1, 0.15) is 17.8 Å². The quantitative estimate of drug-likeness (QED) is 0.903. The number of hydrogen-bond acceptors (Lipinski definition) is 3. The van der Waals surface area contributed by atoms with Crippen molar-refractivity contribution < 1.29 is 4.79 Å². The number of nitrogens with one attached hydrogen (secondary N) is 1. The summed E-state index contributed by atoms with van der Waals surface area (Å²) in [6.45, 7) is 3.04. The molecule has 0 atom stereocenters. The van der Waals surface area contributed by atoms with Gasteiger partial charge < -0.3 is 5.32 Å². The summed E-state index contributed by atoms with van der Waals surface area (Å²) in [6.07, 6.45) is 3.86. The zero-order valence-corrected chi connectivity index (χ0v) is 12.5. The Morgan fingerprint density at radius 1 is 1.47 bits per heavy atom. The van der Waals surface area contributed by atoms with Gasteiger partial charge in [0.1, 0.15) is 0 Å². The van der Waals surface area contributed by atoms with Gasteiger partial charge in [-0.15, -0.1) is 0 Å². The normalized spacial score (nSPS) is 10.7. The maximum atomic E-state index is 11.7. The standard InChI is InChI=1S/C12H16BrN5O/c1-9-11(13)8-16-18(9)6-4-12(19)14-7-10-3-5-15-17(10)2/h3,5,8H,4,6-7H2,1-2H3,(H,14,19). The minimum absolute atomic E-state index is 0.00669. The van der Waals surface area contributed by atoms with Crippen LogP contribution in [0.25, 0.3) is 0 Å². The van der Waals surface area contributed by atoms with E-state index in [0.717, 1.165) is 15.9 Å². The maximum absolute atomic E-state index is 11.7. The Balaban J connectivity index is 1.79. The van der Waals surface area contributed by atoms with Gasteiger partial charge in [-0.3, -0.25) is 14.2 Å². The Labute approximate surface area is 119 Å². The van der Waals surface area contributed by atoms with E-state index < -0.39 is 0 Å². The molecule has 0 saturated carbocycles. The van der Waals surface area contributed by atoms with E-state index in [4.69, 9.17) is 0 Å². The van der Waals surface area contributed by atoms with Gasteiger partial charge >= 0.3 is 0 Å². The van der Waals surface area contributed by atoms with Gasteiger partial charge in [0.05, 0.1) is 22.9 Å². The first-order chi connectivity index (χ1) is 9.08. The van der Waals surface area contributed by atoms with E-state index in [1.165, 1.54) is 0 Å². The lowest BCUT2D eigenvalue weighted by Gasteiger charge is -2.07. The fraction of sp³-hybridized carbons (Fsp3) is 0.417. The Kier molecular flexibility index (Phi) is 4.36. The largest absolute Gasteiger partial charge is 0.350 e. The number of rotatable bonds is 5. The van der Waals surface area contributed by atoms with Gasteiger partial charge in [0, 0.05) is 31.9 Å². The van der Waals surface area contributed by atoms with Crippen LogP contribution in [0.4, 0.5) is 0 Å². The third kappa shape index (κ3) is 3.44. The molecule has 0 aliphatic carbocycles. The smallest absolute Gasteiger partial charge is 0.222 e. The topological polar surface area (TPSA) is 64.7 Å². The van der Waals surface area contributed by atoms with Crippen LogP contribution >= 0.6 is 15.9 Å². The average Bonchev–Trinajstić information content (AvgIpc) is 2.93. The fourth-order valence-electron chi connectivity index (χ4n) is 1.71. The second-order valence-corrected chi connectivity index (χ2v) is 5.13. The Bertz CT molecular complexity index is 574. The van der Waals surface area contributed by atoms with Gasteiger partial charge in [-0.1, -0.05) is 0 Å². The van der Waals surface area contributed by atoms with Crippen molar-refractivity contribution in [3.05, 3.63) is 34.3 Å². The molecule has 0 saturated heterocycles. The molecule has 19 heavy (non-hydrogen) atoms. The summed E-state index contributed by atoms with van der Waals surface area (Å²) in [5, 5.41) is 11.1. The van der Waals surface area contributed by atoms with Crippen LogP contribution in [0.2, 0.25) is 0 Å². The Morgan fingerprint density at radius 2 is 2.26 bits per heavy atom. The molecule has 6 nitrogen and oxygen atoms in total. The molecule has 0 aliphatic heterocycles. The lowest BCUT2D eigenvalue weighted by Crippen LogP contribution is -2.25. The minimum atomic E-state index is 0.00669. The molecule has 2 aromatic rings. The van der Waals surface area contributed by atoms with E-state index in [-0.39, 0.29) is 5.91 Å². The molecule has 0 radical (unpaired) electrons. The van der Waals surface area contributed by atoms with Crippen LogP contribution in [0.15, 0.2) is 22.9 Å². The lowest BCUT2D eigenvalue weighted by atomic mass is 10.3. The zero-order valence-electron chi connectivity index (χ0n) is 10.9. The molecule has 0 aromatic carbocycles. The highest BCUT2D eigenvalue weighted by Gasteiger charge is 2.07. The molecule has 1 N–H and O–H groups in total. The predicted molar refractivity (Wildman–Crippen MR) is 74.3 cm³/mol. The molecule has 2 aromatic heterocycles. The molecular formula is C12H16BrN5O. The van der Waals surface area contributed by atoms with Crippen LogP contribution in [-0.4, -0.2) is 25.5 Å². The number of aryl methyl sites for hydroxylation is 2. The van der Waals surface area contributed by atoms with Gasteiger partial charge in [-0.25, -0.2) is 0 Å². The first kappa shape index (κ1) is 13.8. The molecule has 2 rings (SSSR count). The highest BCUT2D eigenvalue weighted by molar-refractivity contribution is 9.10. The lowest BCUT2D eigenvalue weighted by molar-refractivity contribution is -0.121. The van der Waals surface area contributed by atoms with E-state index in [9.17, 15) is 4.79 Å². The number of carbonyl (C=O) groups excluding carboxylic acids is 1. The van der Waals surface area contributed by atoms with Gasteiger partial charge in [0.15, 0.2) is 0 Å². The molecule has 7 heteroatoms. The molecule has 0 aliphatic rings. The van der Waals surface area contributed by atoms with Crippen LogP contribution in [0.3, 0.4) is 0 Å². The third-order valence-corrected chi connectivity index (χ3v) is 3.76. The molecule has 0 fully saturated rings. The van der Waals surface area contributed by atoms with E-state index >= 15 is 0 Å². The molecular weight excluding hydrogens is 310 g/mol. The second-order valence-electron chi connectivity index (χ2n) is 4.27. The van der Waals surface area contributed by atoms with Crippen LogP contribution in [0.5, 0.6) is 0 Å². The van der Waals surface area contributed by atoms with Crippen molar-refractivity contribution in [2.75, 3.05) is 0 Å². The zero-order chi connectivity index (χ0) is 13.8. The van der Waals surface area contributed by atoms with E-state index in [1.54, 1.807) is 17.1 Å². The highest BCUT2D eigenvalue weighted by Crippen LogP contribution is 2.14. The average molecular weight is 326 g/mol. The number of carbonyl (C=O) groups is 1. The van der Waals surface area contributed by atoms with Crippen molar-refractivity contribution in [3.63, 3.8) is 0 Å². The van der Waals surface area contributed by atoms with Gasteiger partial charge in [-0.2, -0.15) is 10.2 Å². The molecule has 0 unspecified atom stereocenters. The van der Waals surface area contributed by atoms with E-state index in [2.05, 4.69) is 31.4 Å². The number of nitrogens with zero attached hydrogens (tertiary/aromatic N) is 4. The monoisotopic (exact) mass is 325 g/mol. The SMILES string of the molecule is Cc1c(Br)cnn1CCC(=O)NCc1ccnn1C. The van der Waals surface area contributed by atoms with Crippen LogP contribution in [0, 0.1) is 6.92 Å². The number of hydrogen-bond donors (Lipinski definition) is 1. The highest BCUT2D eigenvalue weighted by atomic mass is 79.9. The summed E-state index contributed by atoms with van der Waals surface area (Å²) in [5.74, 6) is 0.00669. The summed E-state index contributed by atoms with van der Waals surface area (Å²) in [7, 11) is 1.85. The number of halogens is 1. The summed E-state index contributed by atoms with van der Waals surface area (Å²) in [6, 6.07) is 1.88. The Morgan fingerprint density at radius 3 is 2.84 bits per heavy atom. The van der Waals surface area contributed by atoms with Crippen LogP contribution in [-0.2, 0) is 24.9 Å². The summed E-state index contributed by atoms with van der Waals surface area (Å²) < 4.78 is 4.52. The van der Waals surface area contributed by atoms with E-state index in [0.29, 0.717) is 19.5 Å². The first-order valence-electron chi connectivity index (χ1n) is 5.99. The molecule has 0 bridgehead atoms. The third-order valence-electron chi connectivity index (χ3n) is 2.98. The molecule has 102 valence electrons. The summed E-state index contributed by atoms with van der Waals surface area (Å²) in [4.78, 5) is 11.7. The van der Waals surface area contributed by atoms with Crippen molar-refractivity contribution in [1.82, 2.24) is 24.9 Å². The minimum Gasteiger partial charge on any atom is -0.350 e. The fourth-order valence-corrected chi connectivity index (χ4v) is 2.01. The maximum Gasteiger partial charge on any atom is 0.222 e. The van der Waals surface area contributed by atoms with E-state index in [1.807, 2.05) is 24.7 Å². The molecule has 2 heterocycles. The second kappa shape index (κ2) is 6.01. The van der Waals surface area contributed by atoms with Crippen LogP contribution < -0.4 is 5.32 Å². The van der Waals surface area contributed by atoms with Crippen molar-refractivity contribution in [2.45, 2.75) is 26.4 Å². The summed E-state index contributed by atoms with van der Waals surface area (Å²) >= 11 is 3.39. The van der Waals surface area contributed by atoms with Crippen molar-refractivity contribution in [1.29, 1.82) is 0 Å². The van der Waals surface area contributed by atoms with Gasteiger partial charge in [-0.05, 0) is 28.9 Å². The van der Waals surface area contributed by atoms with Crippen molar-refractivity contribution in [3.8, 4) is 0 Å². The van der Waals surface area contributed by atoms with Crippen molar-refractivity contribution >= 4 is 21.8 Å². The number of amides is 1. The van der Waals surface area contributed by atoms with Gasteiger partial charge in [0.2, 0.25) is 5.91 Å². The van der Waals surface area contributed by atoms with Crippen molar-refractivity contribution in [2.24, 2.45) is 7.05 Å². The molecule has 1 amide bonds. The summed E-state index contributed by atoms with van der Waals surface area (Å²) in [5.41, 5.74) is 2.01. The number of aromatic nitrogens is 4.